The molecule has 208 valence electrons. The van der Waals surface area contributed by atoms with Crippen molar-refractivity contribution >= 4 is 21.5 Å². The number of aromatic nitrogens is 1. The van der Waals surface area contributed by atoms with Gasteiger partial charge in [-0.15, -0.1) is 0 Å². The second kappa shape index (κ2) is 9.11. The van der Waals surface area contributed by atoms with Gasteiger partial charge in [-0.05, 0) is 95.1 Å². The summed E-state index contributed by atoms with van der Waals surface area (Å²) in [6.45, 7) is 0. The van der Waals surface area contributed by atoms with Crippen molar-refractivity contribution in [2.45, 2.75) is 5.41 Å². The Morgan fingerprint density at radius 2 is 0.844 bits per heavy atom. The van der Waals surface area contributed by atoms with E-state index in [4.69, 9.17) is 0 Å². The van der Waals surface area contributed by atoms with E-state index >= 15 is 0 Å². The van der Waals surface area contributed by atoms with Gasteiger partial charge < -0.3 is 0 Å². The first kappa shape index (κ1) is 24.6. The van der Waals surface area contributed by atoms with E-state index in [2.05, 4.69) is 163 Å². The second-order valence-electron chi connectivity index (χ2n) is 12.2. The molecule has 0 aliphatic heterocycles. The van der Waals surface area contributed by atoms with Crippen LogP contribution in [0.4, 0.5) is 0 Å². The van der Waals surface area contributed by atoms with Crippen LogP contribution in [0.25, 0.3) is 66.1 Å². The molecule has 1 aromatic heterocycles. The molecule has 45 heavy (non-hydrogen) atoms. The number of rotatable bonds is 2. The molecule has 2 aliphatic carbocycles. The number of fused-ring (bicyclic) bond motifs is 12. The molecule has 0 fully saturated rings. The van der Waals surface area contributed by atoms with E-state index in [1.54, 1.807) is 0 Å². The third kappa shape index (κ3) is 3.15. The fraction of sp³-hybridized carbons (Fsp3) is 0.0227. The van der Waals surface area contributed by atoms with Crippen LogP contribution >= 0.6 is 0 Å². The van der Waals surface area contributed by atoms with Crippen molar-refractivity contribution < 1.29 is 0 Å². The van der Waals surface area contributed by atoms with Crippen LogP contribution in [0.1, 0.15) is 22.3 Å². The lowest BCUT2D eigenvalue weighted by molar-refractivity contribution is 0.794. The summed E-state index contributed by atoms with van der Waals surface area (Å²) in [7, 11) is 0. The molecule has 8 aromatic rings. The molecular formula is C44H27N. The van der Waals surface area contributed by atoms with Gasteiger partial charge in [-0.25, -0.2) is 0 Å². The van der Waals surface area contributed by atoms with Gasteiger partial charge in [0.1, 0.15) is 0 Å². The molecule has 1 spiro atoms. The predicted octanol–water partition coefficient (Wildman–Crippen LogP) is 11.1. The topological polar surface area (TPSA) is 12.9 Å². The van der Waals surface area contributed by atoms with E-state index < -0.39 is 0 Å². The standard InChI is InChI=1S/C44H27N/c1-2-12-28(13-3-1)42-34-17-4-5-18-35(34)43(37-27-45-25-24-36(37)42)29-22-23-33-32-16-8-11-21-40(32)44(41(33)26-29)38-19-9-6-14-30(38)31-15-7-10-20-39(31)44/h1-27H. The Morgan fingerprint density at radius 1 is 0.356 bits per heavy atom. The predicted molar refractivity (Wildman–Crippen MR) is 186 cm³/mol. The molecule has 1 heterocycles. The zero-order valence-electron chi connectivity index (χ0n) is 24.5. The summed E-state index contributed by atoms with van der Waals surface area (Å²) in [5.74, 6) is 0. The van der Waals surface area contributed by atoms with Gasteiger partial charge in [0.15, 0.2) is 0 Å². The molecule has 0 saturated heterocycles. The molecule has 1 nitrogen and oxygen atoms in total. The van der Waals surface area contributed by atoms with Gasteiger partial charge in [0.25, 0.3) is 0 Å². The first-order chi connectivity index (χ1) is 22.4. The lowest BCUT2D eigenvalue weighted by Gasteiger charge is -2.30. The SMILES string of the molecule is c1ccc(-c2c3ccccc3c(-c3ccc4c(c3)C3(c5ccccc5-c5ccccc53)c3ccccc3-4)c3cnccc23)cc1. The summed E-state index contributed by atoms with van der Waals surface area (Å²) >= 11 is 0. The average molecular weight is 570 g/mol. The van der Waals surface area contributed by atoms with Crippen LogP contribution in [0.3, 0.4) is 0 Å². The Labute approximate surface area is 262 Å². The summed E-state index contributed by atoms with van der Waals surface area (Å²) in [6.07, 6.45) is 3.98. The minimum absolute atomic E-state index is 0.372. The number of hydrogen-bond acceptors (Lipinski definition) is 1. The van der Waals surface area contributed by atoms with Crippen LogP contribution in [0.2, 0.25) is 0 Å². The van der Waals surface area contributed by atoms with E-state index in [1.165, 1.54) is 88.3 Å². The highest BCUT2D eigenvalue weighted by molar-refractivity contribution is 6.21. The highest BCUT2D eigenvalue weighted by Crippen LogP contribution is 2.63. The highest BCUT2D eigenvalue weighted by atomic mass is 14.6. The maximum absolute atomic E-state index is 4.68. The molecule has 0 amide bonds. The Morgan fingerprint density at radius 3 is 1.47 bits per heavy atom. The summed E-state index contributed by atoms with van der Waals surface area (Å²) in [5, 5.41) is 4.90. The third-order valence-electron chi connectivity index (χ3n) is 10.2. The lowest BCUT2D eigenvalue weighted by Crippen LogP contribution is -2.25. The van der Waals surface area contributed by atoms with Gasteiger partial charge in [0.2, 0.25) is 0 Å². The van der Waals surface area contributed by atoms with E-state index in [0.29, 0.717) is 0 Å². The minimum atomic E-state index is -0.372. The number of benzene rings is 7. The molecule has 0 unspecified atom stereocenters. The van der Waals surface area contributed by atoms with Crippen molar-refractivity contribution in [3.63, 3.8) is 0 Å². The van der Waals surface area contributed by atoms with Gasteiger partial charge in [-0.1, -0.05) is 140 Å². The van der Waals surface area contributed by atoms with Crippen molar-refractivity contribution in [3.8, 4) is 44.5 Å². The van der Waals surface area contributed by atoms with Crippen LogP contribution in [0.5, 0.6) is 0 Å². The Kier molecular flexibility index (Phi) is 4.99. The van der Waals surface area contributed by atoms with Crippen molar-refractivity contribution in [2.75, 3.05) is 0 Å². The molecule has 0 saturated carbocycles. The van der Waals surface area contributed by atoms with Crippen molar-refractivity contribution in [1.29, 1.82) is 0 Å². The lowest BCUT2D eigenvalue weighted by atomic mass is 9.70. The fourth-order valence-corrected chi connectivity index (χ4v) is 8.50. The maximum atomic E-state index is 4.68. The summed E-state index contributed by atoms with van der Waals surface area (Å²) in [5.41, 5.74) is 15.3. The molecule has 0 atom stereocenters. The van der Waals surface area contributed by atoms with Crippen LogP contribution in [0.15, 0.2) is 164 Å². The maximum Gasteiger partial charge on any atom is 0.0725 e. The number of pyridine rings is 1. The smallest absolute Gasteiger partial charge is 0.0725 e. The monoisotopic (exact) mass is 569 g/mol. The molecule has 7 aromatic carbocycles. The summed E-state index contributed by atoms with van der Waals surface area (Å²) in [6, 6.07) is 56.1. The van der Waals surface area contributed by atoms with Gasteiger partial charge in [0, 0.05) is 17.8 Å². The van der Waals surface area contributed by atoms with Gasteiger partial charge in [-0.3, -0.25) is 4.98 Å². The van der Waals surface area contributed by atoms with Crippen molar-refractivity contribution in [1.82, 2.24) is 4.98 Å². The Bertz CT molecular complexity index is 2370. The summed E-state index contributed by atoms with van der Waals surface area (Å²) in [4.78, 5) is 4.68. The first-order valence-corrected chi connectivity index (χ1v) is 15.6. The Balaban J connectivity index is 1.33. The van der Waals surface area contributed by atoms with Crippen molar-refractivity contribution in [3.05, 3.63) is 186 Å². The van der Waals surface area contributed by atoms with E-state index in [9.17, 15) is 0 Å². The molecule has 0 radical (unpaired) electrons. The minimum Gasteiger partial charge on any atom is -0.264 e. The van der Waals surface area contributed by atoms with Crippen LogP contribution in [-0.2, 0) is 5.41 Å². The third-order valence-corrected chi connectivity index (χ3v) is 10.2. The first-order valence-electron chi connectivity index (χ1n) is 15.6. The van der Waals surface area contributed by atoms with Gasteiger partial charge >= 0.3 is 0 Å². The Hall–Kier alpha value is -5.79. The quantitative estimate of drug-likeness (QED) is 0.189. The van der Waals surface area contributed by atoms with Gasteiger partial charge in [-0.2, -0.15) is 0 Å². The molecule has 1 heteroatoms. The van der Waals surface area contributed by atoms with Crippen molar-refractivity contribution in [2.24, 2.45) is 0 Å². The van der Waals surface area contributed by atoms with Crippen LogP contribution < -0.4 is 0 Å². The van der Waals surface area contributed by atoms with E-state index in [-0.39, 0.29) is 5.41 Å². The average Bonchev–Trinajstić information content (AvgIpc) is 3.58. The number of hydrogen-bond donors (Lipinski definition) is 0. The van der Waals surface area contributed by atoms with Crippen LogP contribution in [0, 0.1) is 0 Å². The molecule has 0 bridgehead atoms. The number of nitrogens with zero attached hydrogens (tertiary/aromatic N) is 1. The molecule has 10 rings (SSSR count). The zero-order chi connectivity index (χ0) is 29.5. The fourth-order valence-electron chi connectivity index (χ4n) is 8.50. The highest BCUT2D eigenvalue weighted by Gasteiger charge is 2.51. The molecule has 0 N–H and O–H groups in total. The normalized spacial score (nSPS) is 13.5. The molecule has 2 aliphatic rings. The van der Waals surface area contributed by atoms with Gasteiger partial charge in [0.05, 0.1) is 5.41 Å². The van der Waals surface area contributed by atoms with Crippen LogP contribution in [-0.4, -0.2) is 4.98 Å². The summed E-state index contributed by atoms with van der Waals surface area (Å²) < 4.78 is 0. The molecular weight excluding hydrogens is 542 g/mol. The van der Waals surface area contributed by atoms with E-state index in [1.807, 2.05) is 6.20 Å². The second-order valence-corrected chi connectivity index (χ2v) is 12.2. The largest absolute Gasteiger partial charge is 0.264 e. The van der Waals surface area contributed by atoms with E-state index in [0.717, 1.165) is 0 Å². The zero-order valence-corrected chi connectivity index (χ0v) is 24.5.